The van der Waals surface area contributed by atoms with Crippen LogP contribution in [-0.2, 0) is 47.8 Å². The fraction of sp³-hybridized carbons (Fsp3) is 0.207. The number of rotatable bonds is 10. The van der Waals surface area contributed by atoms with Gasteiger partial charge in [0.1, 0.15) is 13.2 Å². The number of nitrogens with one attached hydrogen (secondary N) is 1. The number of aromatic nitrogens is 1. The largest absolute Gasteiger partial charge is 0.457 e. The SMILES string of the molecule is CS(=O)(=O)O.CS(=O)(=O)O.NCC(C(=O)Nc1ccc2cnccc2c1)c1ccc(COC(=O)c2ccc(CO[N+](=O)[O-])cc2)cc1. The van der Waals surface area contributed by atoms with Crippen LogP contribution in [0.5, 0.6) is 0 Å². The fourth-order valence-corrected chi connectivity index (χ4v) is 3.73. The molecule has 0 aliphatic heterocycles. The standard InChI is InChI=1S/C27H24N4O6.2CH4O3S/c28-14-25(26(32)30-24-10-9-23-15-29-12-11-22(23)13-24)20-5-1-18(2-6-20)16-36-27(33)21-7-3-19(4-8-21)17-37-31(34)35;2*1-5(2,3)4/h1-13,15,25H,14,16-17,28H2,(H,30,32);2*1H3,(H,2,3,4). The van der Waals surface area contributed by atoms with E-state index in [9.17, 15) is 36.5 Å². The smallest absolute Gasteiger partial charge is 0.338 e. The Kier molecular flexibility index (Phi) is 14.3. The maximum Gasteiger partial charge on any atom is 0.338 e. The van der Waals surface area contributed by atoms with E-state index in [1.807, 2.05) is 24.3 Å². The van der Waals surface area contributed by atoms with E-state index in [-0.39, 0.29) is 25.7 Å². The molecule has 5 N–H and O–H groups in total. The first-order chi connectivity index (χ1) is 21.9. The van der Waals surface area contributed by atoms with Gasteiger partial charge in [0.05, 0.1) is 24.0 Å². The Morgan fingerprint density at radius 1 is 0.894 bits per heavy atom. The molecular weight excluding hydrogens is 660 g/mol. The zero-order valence-corrected chi connectivity index (χ0v) is 26.7. The first-order valence-corrected chi connectivity index (χ1v) is 16.9. The first-order valence-electron chi connectivity index (χ1n) is 13.2. The minimum Gasteiger partial charge on any atom is -0.457 e. The Labute approximate surface area is 270 Å². The van der Waals surface area contributed by atoms with Gasteiger partial charge in [0.25, 0.3) is 25.3 Å². The summed E-state index contributed by atoms with van der Waals surface area (Å²) in [6.45, 7) is -0.0342. The second kappa shape index (κ2) is 17.6. The molecule has 1 atom stereocenters. The van der Waals surface area contributed by atoms with Crippen LogP contribution in [0.1, 0.15) is 33.0 Å². The van der Waals surface area contributed by atoms with E-state index in [0.717, 1.165) is 21.9 Å². The molecule has 0 aliphatic rings. The van der Waals surface area contributed by atoms with Crippen molar-refractivity contribution in [3.8, 4) is 0 Å². The van der Waals surface area contributed by atoms with Gasteiger partial charge in [-0.15, -0.1) is 10.1 Å². The Hall–Kier alpha value is -5.01. The van der Waals surface area contributed by atoms with Crippen LogP contribution in [0.2, 0.25) is 0 Å². The second-order valence-electron chi connectivity index (χ2n) is 9.69. The molecule has 4 aromatic rings. The molecule has 0 saturated heterocycles. The number of carbonyl (C=O) groups excluding carboxylic acids is 2. The molecule has 0 saturated carbocycles. The number of pyridine rings is 1. The predicted molar refractivity (Wildman–Crippen MR) is 171 cm³/mol. The lowest BCUT2D eigenvalue weighted by Gasteiger charge is -2.16. The van der Waals surface area contributed by atoms with Gasteiger partial charge < -0.3 is 20.6 Å². The van der Waals surface area contributed by atoms with Crippen molar-refractivity contribution < 1.29 is 50.2 Å². The number of anilines is 1. The van der Waals surface area contributed by atoms with Gasteiger partial charge in [0.15, 0.2) is 0 Å². The molecule has 1 amide bonds. The van der Waals surface area contributed by atoms with Gasteiger partial charge in [-0.05, 0) is 52.4 Å². The van der Waals surface area contributed by atoms with E-state index in [1.54, 1.807) is 48.8 Å². The highest BCUT2D eigenvalue weighted by molar-refractivity contribution is 7.85. The predicted octanol–water partition coefficient (Wildman–Crippen LogP) is 2.99. The summed E-state index contributed by atoms with van der Waals surface area (Å²) in [5.74, 6) is -1.30. The van der Waals surface area contributed by atoms with Gasteiger partial charge in [-0.1, -0.05) is 42.5 Å². The van der Waals surface area contributed by atoms with Crippen LogP contribution in [0.4, 0.5) is 5.69 Å². The van der Waals surface area contributed by atoms with E-state index in [4.69, 9.17) is 19.6 Å². The van der Waals surface area contributed by atoms with Crippen molar-refractivity contribution in [1.82, 2.24) is 4.98 Å². The van der Waals surface area contributed by atoms with Crippen LogP contribution in [-0.4, -0.2) is 66.9 Å². The molecule has 47 heavy (non-hydrogen) atoms. The van der Waals surface area contributed by atoms with Crippen LogP contribution >= 0.6 is 0 Å². The summed E-state index contributed by atoms with van der Waals surface area (Å²) in [5, 5.41) is 14.3. The molecule has 0 spiro atoms. The number of nitrogens with zero attached hydrogens (tertiary/aromatic N) is 2. The van der Waals surface area contributed by atoms with Crippen molar-refractivity contribution in [3.05, 3.63) is 118 Å². The Balaban J connectivity index is 0.000000670. The quantitative estimate of drug-likeness (QED) is 0.0807. The number of hydrogen-bond donors (Lipinski definition) is 4. The lowest BCUT2D eigenvalue weighted by molar-refractivity contribution is -0.763. The molecule has 1 aromatic heterocycles. The second-order valence-corrected chi connectivity index (χ2v) is 12.6. The number of benzene rings is 3. The molecule has 18 heteroatoms. The first kappa shape index (κ1) is 38.2. The summed E-state index contributed by atoms with van der Waals surface area (Å²) in [6.07, 6.45) is 4.89. The maximum atomic E-state index is 12.9. The third kappa shape index (κ3) is 15.7. The summed E-state index contributed by atoms with van der Waals surface area (Å²) in [5.41, 5.74) is 8.94. The topological polar surface area (TPSA) is 255 Å². The number of carbonyl (C=O) groups is 2. The van der Waals surface area contributed by atoms with Gasteiger partial charge in [-0.3, -0.25) is 18.9 Å². The van der Waals surface area contributed by atoms with Crippen molar-refractivity contribution in [1.29, 1.82) is 0 Å². The molecule has 16 nitrogen and oxygen atoms in total. The fourth-order valence-electron chi connectivity index (χ4n) is 3.73. The van der Waals surface area contributed by atoms with Crippen molar-refractivity contribution in [2.45, 2.75) is 19.1 Å². The van der Waals surface area contributed by atoms with E-state index >= 15 is 0 Å². The third-order valence-electron chi connectivity index (χ3n) is 5.74. The highest BCUT2D eigenvalue weighted by Gasteiger charge is 2.19. The van der Waals surface area contributed by atoms with Gasteiger partial charge in [0, 0.05) is 30.0 Å². The summed E-state index contributed by atoms with van der Waals surface area (Å²) < 4.78 is 57.1. The van der Waals surface area contributed by atoms with Crippen molar-refractivity contribution in [2.75, 3.05) is 24.4 Å². The van der Waals surface area contributed by atoms with Crippen LogP contribution in [0.3, 0.4) is 0 Å². The lowest BCUT2D eigenvalue weighted by atomic mass is 9.97. The molecule has 252 valence electrons. The monoisotopic (exact) mass is 692 g/mol. The van der Waals surface area contributed by atoms with Gasteiger partial charge in [0.2, 0.25) is 5.91 Å². The Morgan fingerprint density at radius 3 is 2.00 bits per heavy atom. The molecule has 0 fully saturated rings. The zero-order chi connectivity index (χ0) is 35.2. The summed E-state index contributed by atoms with van der Waals surface area (Å²) in [4.78, 5) is 43.9. The minimum atomic E-state index is -3.67. The number of esters is 1. The van der Waals surface area contributed by atoms with Crippen molar-refractivity contribution in [3.63, 3.8) is 0 Å². The highest BCUT2D eigenvalue weighted by atomic mass is 32.2. The van der Waals surface area contributed by atoms with Crippen molar-refractivity contribution >= 4 is 48.6 Å². The summed E-state index contributed by atoms with van der Waals surface area (Å²) >= 11 is 0. The van der Waals surface area contributed by atoms with E-state index < -0.39 is 37.2 Å². The van der Waals surface area contributed by atoms with Gasteiger partial charge in [-0.25, -0.2) is 4.79 Å². The zero-order valence-electron chi connectivity index (χ0n) is 25.0. The third-order valence-corrected chi connectivity index (χ3v) is 5.74. The average Bonchev–Trinajstić information content (AvgIpc) is 2.98. The summed E-state index contributed by atoms with van der Waals surface area (Å²) in [6, 6.07) is 20.7. The normalized spacial score (nSPS) is 11.5. The number of amides is 1. The molecule has 0 bridgehead atoms. The lowest BCUT2D eigenvalue weighted by Crippen LogP contribution is -2.27. The number of hydrogen-bond acceptors (Lipinski definition) is 12. The number of fused-ring (bicyclic) bond motifs is 1. The Morgan fingerprint density at radius 2 is 1.45 bits per heavy atom. The number of nitrogens with two attached hydrogens (primary N) is 1. The maximum absolute atomic E-state index is 12.9. The Bertz CT molecular complexity index is 1840. The van der Waals surface area contributed by atoms with Crippen LogP contribution in [0.25, 0.3) is 10.8 Å². The average molecular weight is 693 g/mol. The molecule has 1 heterocycles. The molecule has 1 unspecified atom stereocenters. The molecule has 3 aromatic carbocycles. The van der Waals surface area contributed by atoms with Crippen molar-refractivity contribution in [2.24, 2.45) is 5.73 Å². The molecule has 4 rings (SSSR count). The van der Waals surface area contributed by atoms with E-state index in [1.165, 1.54) is 12.1 Å². The van der Waals surface area contributed by atoms with Crippen LogP contribution in [0, 0.1) is 10.1 Å². The number of ether oxygens (including phenoxy) is 1. The molecular formula is C29H32N4O12S2. The highest BCUT2D eigenvalue weighted by Crippen LogP contribution is 2.22. The molecule has 0 aliphatic carbocycles. The van der Waals surface area contributed by atoms with E-state index in [2.05, 4.69) is 15.1 Å². The van der Waals surface area contributed by atoms with Gasteiger partial charge >= 0.3 is 5.97 Å². The molecule has 0 radical (unpaired) electrons. The van der Waals surface area contributed by atoms with E-state index in [0.29, 0.717) is 29.3 Å². The van der Waals surface area contributed by atoms with Crippen LogP contribution < -0.4 is 11.1 Å². The van der Waals surface area contributed by atoms with Gasteiger partial charge in [-0.2, -0.15) is 16.8 Å². The minimum absolute atomic E-state index is 0.0384. The van der Waals surface area contributed by atoms with Crippen LogP contribution in [0.15, 0.2) is 85.2 Å². The summed E-state index contributed by atoms with van der Waals surface area (Å²) in [7, 11) is -7.33.